The molecule has 1 amide bonds. The first-order chi connectivity index (χ1) is 9.54. The second kappa shape index (κ2) is 6.12. The van der Waals surface area contributed by atoms with Crippen molar-refractivity contribution in [3.05, 3.63) is 17.2 Å². The van der Waals surface area contributed by atoms with Crippen molar-refractivity contribution in [2.75, 3.05) is 19.5 Å². The molecule has 118 valence electrons. The number of carbonyl (C=O) groups is 1. The zero-order chi connectivity index (χ0) is 16.4. The van der Waals surface area contributed by atoms with E-state index in [1.165, 1.54) is 14.2 Å². The van der Waals surface area contributed by atoms with Crippen LogP contribution >= 0.6 is 11.6 Å². The van der Waals surface area contributed by atoms with E-state index in [-0.39, 0.29) is 5.91 Å². The summed E-state index contributed by atoms with van der Waals surface area (Å²) in [5.74, 6) is 0.731. The molecule has 0 aliphatic heterocycles. The van der Waals surface area contributed by atoms with Gasteiger partial charge >= 0.3 is 0 Å². The summed E-state index contributed by atoms with van der Waals surface area (Å²) in [4.78, 5) is 12.5. The van der Waals surface area contributed by atoms with Crippen LogP contribution in [0.15, 0.2) is 12.1 Å². The molecular weight excluding hydrogens is 292 g/mol. The number of amides is 1. The summed E-state index contributed by atoms with van der Waals surface area (Å²) in [5.41, 5.74) is 5.10. The number of benzene rings is 1. The van der Waals surface area contributed by atoms with E-state index in [0.29, 0.717) is 22.2 Å². The van der Waals surface area contributed by atoms with E-state index in [2.05, 4.69) is 5.32 Å². The van der Waals surface area contributed by atoms with Crippen molar-refractivity contribution in [2.24, 2.45) is 11.1 Å². The molecule has 3 N–H and O–H groups in total. The highest BCUT2D eigenvalue weighted by Crippen LogP contribution is 2.37. The molecule has 21 heavy (non-hydrogen) atoms. The van der Waals surface area contributed by atoms with Gasteiger partial charge in [0, 0.05) is 11.6 Å². The van der Waals surface area contributed by atoms with E-state index >= 15 is 0 Å². The van der Waals surface area contributed by atoms with E-state index in [0.717, 1.165) is 0 Å². The summed E-state index contributed by atoms with van der Waals surface area (Å²) >= 11 is 6.09. The molecule has 0 saturated heterocycles. The number of rotatable bonds is 5. The van der Waals surface area contributed by atoms with Gasteiger partial charge in [0.05, 0.1) is 30.3 Å². The van der Waals surface area contributed by atoms with Gasteiger partial charge in [-0.05, 0) is 33.8 Å². The maximum absolute atomic E-state index is 12.5. The summed E-state index contributed by atoms with van der Waals surface area (Å²) in [5, 5.41) is 3.20. The second-order valence-electron chi connectivity index (χ2n) is 5.99. The highest BCUT2D eigenvalue weighted by molar-refractivity contribution is 6.32. The molecule has 5 nitrogen and oxygen atoms in total. The van der Waals surface area contributed by atoms with Gasteiger partial charge in [-0.2, -0.15) is 0 Å². The molecule has 6 heteroatoms. The first kappa shape index (κ1) is 17.6. The lowest BCUT2D eigenvalue weighted by Gasteiger charge is -2.37. The van der Waals surface area contributed by atoms with Crippen LogP contribution in [-0.2, 0) is 4.79 Å². The Balaban J connectivity index is 3.14. The molecule has 0 aliphatic carbocycles. The molecule has 0 atom stereocenters. The topological polar surface area (TPSA) is 73.6 Å². The van der Waals surface area contributed by atoms with E-state index in [1.54, 1.807) is 26.0 Å². The Labute approximate surface area is 130 Å². The molecule has 0 fully saturated rings. The van der Waals surface area contributed by atoms with Crippen LogP contribution in [0.5, 0.6) is 11.5 Å². The van der Waals surface area contributed by atoms with Crippen LogP contribution in [0.3, 0.4) is 0 Å². The third kappa shape index (κ3) is 3.60. The SMILES string of the molecule is COc1cc(OC)c(NC(=O)C(C)(C)C(C)(C)N)cc1Cl. The van der Waals surface area contributed by atoms with Crippen LogP contribution in [0, 0.1) is 5.41 Å². The molecule has 0 unspecified atom stereocenters. The van der Waals surface area contributed by atoms with Crippen molar-refractivity contribution in [3.63, 3.8) is 0 Å². The zero-order valence-corrected chi connectivity index (χ0v) is 14.1. The summed E-state index contributed by atoms with van der Waals surface area (Å²) < 4.78 is 10.4. The van der Waals surface area contributed by atoms with Crippen molar-refractivity contribution in [2.45, 2.75) is 33.2 Å². The fraction of sp³-hybridized carbons (Fsp3) is 0.533. The van der Waals surface area contributed by atoms with Crippen molar-refractivity contribution in [3.8, 4) is 11.5 Å². The van der Waals surface area contributed by atoms with Crippen LogP contribution in [0.4, 0.5) is 5.69 Å². The number of carbonyl (C=O) groups excluding carboxylic acids is 1. The number of anilines is 1. The van der Waals surface area contributed by atoms with Crippen LogP contribution in [-0.4, -0.2) is 25.7 Å². The first-order valence-corrected chi connectivity index (χ1v) is 6.94. The number of halogens is 1. The summed E-state index contributed by atoms with van der Waals surface area (Å²) in [6.07, 6.45) is 0. The molecule has 0 radical (unpaired) electrons. The number of nitrogens with one attached hydrogen (secondary N) is 1. The highest BCUT2D eigenvalue weighted by Gasteiger charge is 2.40. The lowest BCUT2D eigenvalue weighted by atomic mass is 9.74. The number of hydrogen-bond acceptors (Lipinski definition) is 4. The third-order valence-electron chi connectivity index (χ3n) is 3.90. The molecular formula is C15H23ClN2O3. The Morgan fingerprint density at radius 2 is 1.67 bits per heavy atom. The molecule has 0 heterocycles. The Bertz CT molecular complexity index is 536. The van der Waals surface area contributed by atoms with E-state index in [4.69, 9.17) is 26.8 Å². The Morgan fingerprint density at radius 3 is 2.10 bits per heavy atom. The minimum absolute atomic E-state index is 0.213. The van der Waals surface area contributed by atoms with Crippen LogP contribution in [0.1, 0.15) is 27.7 Å². The van der Waals surface area contributed by atoms with Gasteiger partial charge in [-0.15, -0.1) is 0 Å². The van der Waals surface area contributed by atoms with Gasteiger partial charge < -0.3 is 20.5 Å². The van der Waals surface area contributed by atoms with Gasteiger partial charge in [0.2, 0.25) is 5.91 Å². The lowest BCUT2D eigenvalue weighted by Crippen LogP contribution is -2.53. The predicted molar refractivity (Wildman–Crippen MR) is 85.2 cm³/mol. The monoisotopic (exact) mass is 314 g/mol. The van der Waals surface area contributed by atoms with Gasteiger partial charge in [-0.3, -0.25) is 4.79 Å². The molecule has 1 rings (SSSR count). The molecule has 0 aromatic heterocycles. The van der Waals surface area contributed by atoms with Gasteiger partial charge in [0.25, 0.3) is 0 Å². The number of methoxy groups -OCH3 is 2. The smallest absolute Gasteiger partial charge is 0.231 e. The number of ether oxygens (including phenoxy) is 2. The van der Waals surface area contributed by atoms with E-state index in [1.807, 2.05) is 13.8 Å². The van der Waals surface area contributed by atoms with E-state index < -0.39 is 11.0 Å². The average molecular weight is 315 g/mol. The van der Waals surface area contributed by atoms with Crippen molar-refractivity contribution in [1.82, 2.24) is 0 Å². The minimum Gasteiger partial charge on any atom is -0.495 e. The van der Waals surface area contributed by atoms with Crippen molar-refractivity contribution in [1.29, 1.82) is 0 Å². The molecule has 1 aromatic rings. The van der Waals surface area contributed by atoms with Crippen LogP contribution in [0.2, 0.25) is 5.02 Å². The fourth-order valence-corrected chi connectivity index (χ4v) is 1.77. The van der Waals surface area contributed by atoms with Crippen molar-refractivity contribution >= 4 is 23.2 Å². The highest BCUT2D eigenvalue weighted by atomic mass is 35.5. The summed E-state index contributed by atoms with van der Waals surface area (Å²) in [6.45, 7) is 7.20. The summed E-state index contributed by atoms with van der Waals surface area (Å²) in [6, 6.07) is 3.22. The second-order valence-corrected chi connectivity index (χ2v) is 6.40. The molecule has 0 saturated carbocycles. The lowest BCUT2D eigenvalue weighted by molar-refractivity contribution is -0.126. The van der Waals surface area contributed by atoms with Gasteiger partial charge in [-0.25, -0.2) is 0 Å². The standard InChI is InChI=1S/C15H23ClN2O3/c1-14(2,15(3,4)17)13(19)18-10-7-9(16)11(20-5)8-12(10)21-6/h7-8H,17H2,1-6H3,(H,18,19). The zero-order valence-electron chi connectivity index (χ0n) is 13.3. The van der Waals surface area contributed by atoms with Crippen LogP contribution < -0.4 is 20.5 Å². The normalized spacial score (nSPS) is 12.0. The maximum Gasteiger partial charge on any atom is 0.231 e. The maximum atomic E-state index is 12.5. The van der Waals surface area contributed by atoms with Gasteiger partial charge in [0.1, 0.15) is 11.5 Å². The Hall–Kier alpha value is -1.46. The van der Waals surface area contributed by atoms with Crippen LogP contribution in [0.25, 0.3) is 0 Å². The van der Waals surface area contributed by atoms with Gasteiger partial charge in [-0.1, -0.05) is 11.6 Å². The number of nitrogens with two attached hydrogens (primary N) is 1. The largest absolute Gasteiger partial charge is 0.495 e. The molecule has 0 bridgehead atoms. The molecule has 0 aliphatic rings. The van der Waals surface area contributed by atoms with Crippen molar-refractivity contribution < 1.29 is 14.3 Å². The number of hydrogen-bond donors (Lipinski definition) is 2. The quantitative estimate of drug-likeness (QED) is 0.876. The average Bonchev–Trinajstić information content (AvgIpc) is 2.37. The first-order valence-electron chi connectivity index (χ1n) is 6.56. The van der Waals surface area contributed by atoms with Gasteiger partial charge in [0.15, 0.2) is 0 Å². The molecule has 0 spiro atoms. The summed E-state index contributed by atoms with van der Waals surface area (Å²) in [7, 11) is 3.02. The Kier molecular flexibility index (Phi) is 5.12. The fourth-order valence-electron chi connectivity index (χ4n) is 1.53. The molecule has 1 aromatic carbocycles. The van der Waals surface area contributed by atoms with E-state index in [9.17, 15) is 4.79 Å². The Morgan fingerprint density at radius 1 is 1.14 bits per heavy atom. The predicted octanol–water partition coefficient (Wildman–Crippen LogP) is 3.06. The minimum atomic E-state index is -0.773. The third-order valence-corrected chi connectivity index (χ3v) is 4.20.